The van der Waals surface area contributed by atoms with Crippen LogP contribution in [-0.4, -0.2) is 21.0 Å². The van der Waals surface area contributed by atoms with E-state index in [-0.39, 0.29) is 17.4 Å². The molecule has 2 unspecified atom stereocenters. The van der Waals surface area contributed by atoms with E-state index in [1.165, 1.54) is 23.7 Å². The minimum absolute atomic E-state index is 0.276. The first-order valence-corrected chi connectivity index (χ1v) is 11.9. The van der Waals surface area contributed by atoms with Gasteiger partial charge in [0.05, 0.1) is 33.7 Å². The number of fused-ring (bicyclic) bond motifs is 1. The van der Waals surface area contributed by atoms with Crippen LogP contribution in [0.5, 0.6) is 0 Å². The molecule has 2 atom stereocenters. The maximum atomic E-state index is 14.7. The highest BCUT2D eigenvalue weighted by molar-refractivity contribution is 7.17. The van der Waals surface area contributed by atoms with Crippen LogP contribution in [0.3, 0.4) is 0 Å². The van der Waals surface area contributed by atoms with Gasteiger partial charge in [-0.2, -0.15) is 0 Å². The molecule has 0 amide bonds. The highest BCUT2D eigenvalue weighted by Gasteiger charge is 2.25. The zero-order chi connectivity index (χ0) is 23.7. The second kappa shape index (κ2) is 9.38. The maximum Gasteiger partial charge on any atom is 0.163 e. The molecule has 5 rings (SSSR count). The standard InChI is InChI=1S/C27H24FN5S/c1-16-7-5-6-10-18(16)20-15-34-26-24(20)32-27(19-11-12-31-14-21(19)28)33-25(26)23(30)22(29)13-17-8-3-2-4-9-17/h2-12,14-15,22-23H,13,29-30H2,1H3. The summed E-state index contributed by atoms with van der Waals surface area (Å²) in [6, 6.07) is 18.8. The number of pyridine rings is 1. The summed E-state index contributed by atoms with van der Waals surface area (Å²) < 4.78 is 15.5. The molecule has 0 bridgehead atoms. The molecule has 2 aromatic carbocycles. The number of hydrogen-bond donors (Lipinski definition) is 2. The Balaban J connectivity index is 1.67. The highest BCUT2D eigenvalue weighted by Crippen LogP contribution is 2.38. The summed E-state index contributed by atoms with van der Waals surface area (Å²) >= 11 is 1.54. The van der Waals surface area contributed by atoms with Crippen molar-refractivity contribution in [3.8, 4) is 22.5 Å². The minimum Gasteiger partial charge on any atom is -0.326 e. The van der Waals surface area contributed by atoms with Crippen molar-refractivity contribution >= 4 is 21.6 Å². The molecule has 7 heteroatoms. The zero-order valence-electron chi connectivity index (χ0n) is 18.6. The predicted molar refractivity (Wildman–Crippen MR) is 136 cm³/mol. The van der Waals surface area contributed by atoms with Crippen molar-refractivity contribution in [3.63, 3.8) is 0 Å². The number of aromatic nitrogens is 3. The van der Waals surface area contributed by atoms with Gasteiger partial charge in [-0.15, -0.1) is 11.3 Å². The topological polar surface area (TPSA) is 90.7 Å². The van der Waals surface area contributed by atoms with Crippen LogP contribution in [0.15, 0.2) is 78.4 Å². The average Bonchev–Trinajstić information content (AvgIpc) is 3.28. The molecule has 5 aromatic rings. The third-order valence-electron chi connectivity index (χ3n) is 5.98. The molecule has 0 spiro atoms. The van der Waals surface area contributed by atoms with Crippen molar-refractivity contribution in [2.24, 2.45) is 11.5 Å². The van der Waals surface area contributed by atoms with Gasteiger partial charge in [0.25, 0.3) is 0 Å². The summed E-state index contributed by atoms with van der Waals surface area (Å²) in [5.74, 6) is -0.208. The van der Waals surface area contributed by atoms with E-state index in [4.69, 9.17) is 21.4 Å². The molecule has 0 aliphatic heterocycles. The number of nitrogens with two attached hydrogens (primary N) is 2. The smallest absolute Gasteiger partial charge is 0.163 e. The SMILES string of the molecule is Cc1ccccc1-c1csc2c(C(N)C(N)Cc3ccccc3)nc(-c3ccncc3F)nc12. The summed E-state index contributed by atoms with van der Waals surface area (Å²) in [7, 11) is 0. The molecule has 34 heavy (non-hydrogen) atoms. The lowest BCUT2D eigenvalue weighted by molar-refractivity contribution is 0.536. The molecular formula is C27H24FN5S. The van der Waals surface area contributed by atoms with Crippen LogP contribution in [0.2, 0.25) is 0 Å². The largest absolute Gasteiger partial charge is 0.326 e. The first kappa shape index (κ1) is 22.3. The molecule has 170 valence electrons. The monoisotopic (exact) mass is 469 g/mol. The molecule has 0 saturated heterocycles. The number of hydrogen-bond acceptors (Lipinski definition) is 6. The first-order valence-electron chi connectivity index (χ1n) is 11.0. The van der Waals surface area contributed by atoms with Crippen molar-refractivity contribution in [3.05, 3.63) is 101 Å². The van der Waals surface area contributed by atoms with Crippen molar-refractivity contribution in [2.75, 3.05) is 0 Å². The van der Waals surface area contributed by atoms with E-state index >= 15 is 0 Å². The number of benzene rings is 2. The van der Waals surface area contributed by atoms with Crippen molar-refractivity contribution < 1.29 is 4.39 Å². The van der Waals surface area contributed by atoms with Crippen LogP contribution in [0.4, 0.5) is 4.39 Å². The fraction of sp³-hybridized carbons (Fsp3) is 0.148. The Hall–Kier alpha value is -3.52. The maximum absolute atomic E-state index is 14.7. The number of aryl methyl sites for hydroxylation is 1. The Morgan fingerprint density at radius 3 is 2.44 bits per heavy atom. The Labute approximate surface area is 201 Å². The van der Waals surface area contributed by atoms with Crippen LogP contribution in [0.25, 0.3) is 32.7 Å². The van der Waals surface area contributed by atoms with Crippen molar-refractivity contribution in [1.29, 1.82) is 0 Å². The first-order chi connectivity index (χ1) is 16.5. The molecule has 5 nitrogen and oxygen atoms in total. The second-order valence-electron chi connectivity index (χ2n) is 8.31. The van der Waals surface area contributed by atoms with Gasteiger partial charge in [0.15, 0.2) is 11.6 Å². The summed E-state index contributed by atoms with van der Waals surface area (Å²) in [6.45, 7) is 2.06. The van der Waals surface area contributed by atoms with Crippen LogP contribution in [-0.2, 0) is 6.42 Å². The van der Waals surface area contributed by atoms with Gasteiger partial charge < -0.3 is 11.5 Å². The minimum atomic E-state index is -0.558. The molecule has 0 fully saturated rings. The van der Waals surface area contributed by atoms with Gasteiger partial charge >= 0.3 is 0 Å². The van der Waals surface area contributed by atoms with Gasteiger partial charge in [0.1, 0.15) is 0 Å². The lowest BCUT2D eigenvalue weighted by atomic mass is 9.97. The number of rotatable bonds is 6. The molecule has 0 radical (unpaired) electrons. The second-order valence-corrected chi connectivity index (χ2v) is 9.19. The van der Waals surface area contributed by atoms with E-state index in [1.54, 1.807) is 6.07 Å². The van der Waals surface area contributed by atoms with Crippen LogP contribution in [0, 0.1) is 12.7 Å². The Morgan fingerprint density at radius 2 is 1.68 bits per heavy atom. The highest BCUT2D eigenvalue weighted by atomic mass is 32.1. The van der Waals surface area contributed by atoms with Gasteiger partial charge in [-0.3, -0.25) is 4.98 Å². The average molecular weight is 470 g/mol. The number of halogens is 1. The third kappa shape index (κ3) is 4.21. The Morgan fingerprint density at radius 1 is 0.912 bits per heavy atom. The van der Waals surface area contributed by atoms with Crippen LogP contribution in [0.1, 0.15) is 22.9 Å². The molecule has 0 aliphatic rings. The molecule has 0 saturated carbocycles. The predicted octanol–water partition coefficient (Wildman–Crippen LogP) is 5.44. The molecule has 0 aliphatic carbocycles. The molecular weight excluding hydrogens is 445 g/mol. The van der Waals surface area contributed by atoms with Gasteiger partial charge in [-0.05, 0) is 36.1 Å². The summed E-state index contributed by atoms with van der Waals surface area (Å²) in [4.78, 5) is 13.4. The van der Waals surface area contributed by atoms with Crippen LogP contribution >= 0.6 is 11.3 Å². The van der Waals surface area contributed by atoms with Gasteiger partial charge in [-0.25, -0.2) is 14.4 Å². The van der Waals surface area contributed by atoms with E-state index in [9.17, 15) is 4.39 Å². The lowest BCUT2D eigenvalue weighted by Gasteiger charge is -2.21. The quantitative estimate of drug-likeness (QED) is 0.346. The fourth-order valence-corrected chi connectivity index (χ4v) is 5.17. The fourth-order valence-electron chi connectivity index (χ4n) is 4.13. The van der Waals surface area contributed by atoms with E-state index in [1.807, 2.05) is 42.5 Å². The summed E-state index contributed by atoms with van der Waals surface area (Å²) in [5.41, 5.74) is 19.2. The van der Waals surface area contributed by atoms with E-state index < -0.39 is 11.9 Å². The molecule has 4 N–H and O–H groups in total. The normalized spacial score (nSPS) is 13.2. The Kier molecular flexibility index (Phi) is 6.15. The summed E-state index contributed by atoms with van der Waals surface area (Å²) in [6.07, 6.45) is 3.30. The molecule has 3 aromatic heterocycles. The van der Waals surface area contributed by atoms with Crippen molar-refractivity contribution in [1.82, 2.24) is 15.0 Å². The van der Waals surface area contributed by atoms with Gasteiger partial charge in [-0.1, -0.05) is 54.6 Å². The Bertz CT molecular complexity index is 1450. The lowest BCUT2D eigenvalue weighted by Crippen LogP contribution is -2.36. The van der Waals surface area contributed by atoms with E-state index in [0.717, 1.165) is 32.5 Å². The number of nitrogens with zero attached hydrogens (tertiary/aromatic N) is 3. The van der Waals surface area contributed by atoms with Gasteiger partial charge in [0, 0.05) is 23.2 Å². The van der Waals surface area contributed by atoms with E-state index in [0.29, 0.717) is 12.1 Å². The summed E-state index contributed by atoms with van der Waals surface area (Å²) in [5, 5.41) is 2.06. The van der Waals surface area contributed by atoms with Crippen molar-refractivity contribution in [2.45, 2.75) is 25.4 Å². The van der Waals surface area contributed by atoms with Gasteiger partial charge in [0.2, 0.25) is 0 Å². The third-order valence-corrected chi connectivity index (χ3v) is 6.97. The zero-order valence-corrected chi connectivity index (χ0v) is 19.5. The van der Waals surface area contributed by atoms with E-state index in [2.05, 4.69) is 29.4 Å². The number of thiophene rings is 1. The molecule has 3 heterocycles. The van der Waals surface area contributed by atoms with Crippen LogP contribution < -0.4 is 11.5 Å².